The van der Waals surface area contributed by atoms with Crippen LogP contribution < -0.4 is 10.6 Å². The summed E-state index contributed by atoms with van der Waals surface area (Å²) in [7, 11) is 0. The van der Waals surface area contributed by atoms with E-state index in [0.717, 1.165) is 37.0 Å². The Balaban J connectivity index is 1.92. The van der Waals surface area contributed by atoms with Crippen LogP contribution in [0.4, 0.5) is 5.13 Å². The average Bonchev–Trinajstić information content (AvgIpc) is 2.75. The lowest BCUT2D eigenvalue weighted by Gasteiger charge is -2.37. The Hall–Kier alpha value is -0.720. The second kappa shape index (κ2) is 5.29. The van der Waals surface area contributed by atoms with Crippen molar-refractivity contribution >= 4 is 33.7 Å². The van der Waals surface area contributed by atoms with Gasteiger partial charge >= 0.3 is 0 Å². The van der Waals surface area contributed by atoms with Crippen molar-refractivity contribution in [3.63, 3.8) is 0 Å². The average molecular weight is 270 g/mol. The number of aromatic nitrogens is 1. The maximum atomic E-state index is 5.68. The van der Waals surface area contributed by atoms with E-state index < -0.39 is 0 Å². The summed E-state index contributed by atoms with van der Waals surface area (Å²) in [6, 6.07) is 0.199. The third-order valence-corrected chi connectivity index (χ3v) is 4.51. The van der Waals surface area contributed by atoms with Crippen molar-refractivity contribution in [3.8, 4) is 0 Å². The van der Waals surface area contributed by atoms with Gasteiger partial charge in [-0.3, -0.25) is 4.90 Å². The molecule has 1 unspecified atom stereocenters. The Morgan fingerprint density at radius 3 is 2.59 bits per heavy atom. The summed E-state index contributed by atoms with van der Waals surface area (Å²) in [4.78, 5) is 9.77. The number of anilines is 1. The van der Waals surface area contributed by atoms with Crippen molar-refractivity contribution in [2.24, 2.45) is 5.73 Å². The van der Waals surface area contributed by atoms with Crippen molar-refractivity contribution in [1.29, 1.82) is 0 Å². The van der Waals surface area contributed by atoms with Crippen LogP contribution in [-0.4, -0.2) is 47.1 Å². The van der Waals surface area contributed by atoms with Gasteiger partial charge in [0, 0.05) is 31.6 Å². The summed E-state index contributed by atoms with van der Waals surface area (Å²) in [5, 5.41) is 3.23. The Morgan fingerprint density at radius 2 is 2.12 bits per heavy atom. The van der Waals surface area contributed by atoms with Crippen molar-refractivity contribution < 1.29 is 0 Å². The van der Waals surface area contributed by atoms with Crippen molar-refractivity contribution in [2.45, 2.75) is 19.9 Å². The molecule has 1 atom stereocenters. The zero-order valence-corrected chi connectivity index (χ0v) is 11.9. The molecule has 94 valence electrons. The number of nitrogens with zero attached hydrogens (tertiary/aromatic N) is 3. The summed E-state index contributed by atoms with van der Waals surface area (Å²) < 4.78 is 0. The molecule has 1 aromatic heterocycles. The summed E-state index contributed by atoms with van der Waals surface area (Å²) >= 11 is 6.76. The van der Waals surface area contributed by atoms with E-state index in [0.29, 0.717) is 4.99 Å². The molecule has 0 aromatic carbocycles. The molecular formula is C11H18N4S2. The molecule has 0 bridgehead atoms. The van der Waals surface area contributed by atoms with Crippen LogP contribution in [0.5, 0.6) is 0 Å². The molecule has 1 fully saturated rings. The van der Waals surface area contributed by atoms with E-state index in [4.69, 9.17) is 18.0 Å². The monoisotopic (exact) mass is 270 g/mol. The number of hydrogen-bond donors (Lipinski definition) is 1. The van der Waals surface area contributed by atoms with Crippen molar-refractivity contribution in [2.75, 3.05) is 31.1 Å². The predicted molar refractivity (Wildman–Crippen MR) is 76.9 cm³/mol. The zero-order chi connectivity index (χ0) is 12.4. The van der Waals surface area contributed by atoms with Gasteiger partial charge in [0.2, 0.25) is 0 Å². The first kappa shape index (κ1) is 12.7. The predicted octanol–water partition coefficient (Wildman–Crippen LogP) is 1.25. The van der Waals surface area contributed by atoms with Gasteiger partial charge in [0.1, 0.15) is 0 Å². The lowest BCUT2D eigenvalue weighted by atomic mass is 10.2. The third kappa shape index (κ3) is 2.94. The molecule has 0 saturated carbocycles. The Kier molecular flexibility index (Phi) is 3.96. The third-order valence-electron chi connectivity index (χ3n) is 3.15. The van der Waals surface area contributed by atoms with E-state index in [1.54, 1.807) is 11.3 Å². The Bertz CT molecular complexity index is 396. The smallest absolute Gasteiger partial charge is 0.185 e. The van der Waals surface area contributed by atoms with Crippen LogP contribution in [-0.2, 0) is 0 Å². The van der Waals surface area contributed by atoms with Crippen LogP contribution in [0.2, 0.25) is 0 Å². The number of aryl methyl sites for hydroxylation is 1. The van der Waals surface area contributed by atoms with Crippen LogP contribution in [0, 0.1) is 6.92 Å². The second-order valence-electron chi connectivity index (χ2n) is 4.37. The molecule has 0 amide bonds. The molecule has 2 N–H and O–H groups in total. The van der Waals surface area contributed by atoms with E-state index >= 15 is 0 Å². The summed E-state index contributed by atoms with van der Waals surface area (Å²) in [5.41, 5.74) is 6.78. The van der Waals surface area contributed by atoms with Gasteiger partial charge in [-0.1, -0.05) is 12.2 Å². The minimum atomic E-state index is 0.199. The number of piperazine rings is 1. The van der Waals surface area contributed by atoms with Crippen LogP contribution in [0.1, 0.15) is 12.6 Å². The summed E-state index contributed by atoms with van der Waals surface area (Å²) in [6.07, 6.45) is 0. The first-order chi connectivity index (χ1) is 8.08. The summed E-state index contributed by atoms with van der Waals surface area (Å²) in [6.45, 7) is 8.10. The molecule has 17 heavy (non-hydrogen) atoms. The van der Waals surface area contributed by atoms with E-state index in [9.17, 15) is 0 Å². The lowest BCUT2D eigenvalue weighted by Crippen LogP contribution is -2.52. The quantitative estimate of drug-likeness (QED) is 0.838. The molecule has 0 spiro atoms. The van der Waals surface area contributed by atoms with Crippen molar-refractivity contribution in [3.05, 3.63) is 11.1 Å². The van der Waals surface area contributed by atoms with Gasteiger partial charge in [0.05, 0.1) is 16.7 Å². The standard InChI is InChI=1S/C11H18N4S2/c1-8-7-17-11(13-8)15-5-3-14(4-6-15)9(2)10(12)16/h7,9H,3-6H2,1-2H3,(H2,12,16). The van der Waals surface area contributed by atoms with Gasteiger partial charge in [-0.25, -0.2) is 4.98 Å². The van der Waals surface area contributed by atoms with Gasteiger partial charge in [0.25, 0.3) is 0 Å². The highest BCUT2D eigenvalue weighted by molar-refractivity contribution is 7.80. The highest BCUT2D eigenvalue weighted by Crippen LogP contribution is 2.21. The number of hydrogen-bond acceptors (Lipinski definition) is 5. The molecule has 4 nitrogen and oxygen atoms in total. The fourth-order valence-corrected chi connectivity index (χ4v) is 2.97. The van der Waals surface area contributed by atoms with Crippen LogP contribution in [0.15, 0.2) is 5.38 Å². The molecule has 1 aromatic rings. The van der Waals surface area contributed by atoms with Gasteiger partial charge in [-0.2, -0.15) is 0 Å². The van der Waals surface area contributed by atoms with Gasteiger partial charge in [0.15, 0.2) is 5.13 Å². The molecule has 2 rings (SSSR count). The fourth-order valence-electron chi connectivity index (χ4n) is 1.97. The number of nitrogens with two attached hydrogens (primary N) is 1. The van der Waals surface area contributed by atoms with E-state index in [-0.39, 0.29) is 6.04 Å². The van der Waals surface area contributed by atoms with Gasteiger partial charge in [-0.15, -0.1) is 11.3 Å². The molecule has 1 aliphatic rings. The van der Waals surface area contributed by atoms with E-state index in [2.05, 4.69) is 27.1 Å². The fraction of sp³-hybridized carbons (Fsp3) is 0.636. The van der Waals surface area contributed by atoms with E-state index in [1.807, 2.05) is 6.92 Å². The normalized spacial score (nSPS) is 19.3. The highest BCUT2D eigenvalue weighted by atomic mass is 32.1. The van der Waals surface area contributed by atoms with Gasteiger partial charge < -0.3 is 10.6 Å². The second-order valence-corrected chi connectivity index (χ2v) is 5.68. The highest BCUT2D eigenvalue weighted by Gasteiger charge is 2.23. The molecular weight excluding hydrogens is 252 g/mol. The maximum Gasteiger partial charge on any atom is 0.185 e. The Morgan fingerprint density at radius 1 is 1.47 bits per heavy atom. The summed E-state index contributed by atoms with van der Waals surface area (Å²) in [5.74, 6) is 0. The molecule has 1 saturated heterocycles. The number of thiazole rings is 1. The SMILES string of the molecule is Cc1csc(N2CCN(C(C)C(N)=S)CC2)n1. The lowest BCUT2D eigenvalue weighted by molar-refractivity contribution is 0.239. The zero-order valence-electron chi connectivity index (χ0n) is 10.2. The minimum Gasteiger partial charge on any atom is -0.392 e. The number of rotatable bonds is 3. The number of thiocarbonyl (C=S) groups is 1. The van der Waals surface area contributed by atoms with Crippen LogP contribution in [0.3, 0.4) is 0 Å². The molecule has 0 aliphatic carbocycles. The largest absolute Gasteiger partial charge is 0.392 e. The van der Waals surface area contributed by atoms with Crippen molar-refractivity contribution in [1.82, 2.24) is 9.88 Å². The molecule has 1 aliphatic heterocycles. The molecule has 0 radical (unpaired) electrons. The Labute approximate surface area is 111 Å². The first-order valence-electron chi connectivity index (χ1n) is 5.78. The van der Waals surface area contributed by atoms with Crippen LogP contribution in [0.25, 0.3) is 0 Å². The maximum absolute atomic E-state index is 5.68. The van der Waals surface area contributed by atoms with E-state index in [1.165, 1.54) is 0 Å². The van der Waals surface area contributed by atoms with Gasteiger partial charge in [-0.05, 0) is 13.8 Å². The first-order valence-corrected chi connectivity index (χ1v) is 7.07. The molecule has 2 heterocycles. The van der Waals surface area contributed by atoms with Crippen LogP contribution >= 0.6 is 23.6 Å². The molecule has 6 heteroatoms. The topological polar surface area (TPSA) is 45.4 Å². The minimum absolute atomic E-state index is 0.199.